The predicted octanol–water partition coefficient (Wildman–Crippen LogP) is 5.62. The SMILES string of the molecule is Cc1cccc(N2CCN(CCCNC(=O)c3cc(-c4ccc(Cl)cc4)[nH]c3C)CC2)c1C.Cl. The first-order valence-corrected chi connectivity index (χ1v) is 12.1. The van der Waals surface area contributed by atoms with Gasteiger partial charge in [0.2, 0.25) is 0 Å². The van der Waals surface area contributed by atoms with Gasteiger partial charge in [0, 0.05) is 54.8 Å². The number of aryl methyl sites for hydroxylation is 2. The van der Waals surface area contributed by atoms with Crippen LogP contribution < -0.4 is 10.2 Å². The van der Waals surface area contributed by atoms with Crippen LogP contribution in [0.25, 0.3) is 11.3 Å². The van der Waals surface area contributed by atoms with Gasteiger partial charge in [-0.25, -0.2) is 0 Å². The van der Waals surface area contributed by atoms with E-state index in [1.807, 2.05) is 37.3 Å². The summed E-state index contributed by atoms with van der Waals surface area (Å²) in [6.07, 6.45) is 0.947. The number of H-pyrrole nitrogens is 1. The van der Waals surface area contributed by atoms with Crippen molar-refractivity contribution in [3.05, 3.63) is 75.9 Å². The number of benzene rings is 2. The fourth-order valence-corrected chi connectivity index (χ4v) is 4.60. The molecule has 2 N–H and O–H groups in total. The quantitative estimate of drug-likeness (QED) is 0.413. The highest BCUT2D eigenvalue weighted by Gasteiger charge is 2.19. The fourth-order valence-electron chi connectivity index (χ4n) is 4.47. The molecule has 0 unspecified atom stereocenters. The minimum Gasteiger partial charge on any atom is -0.369 e. The summed E-state index contributed by atoms with van der Waals surface area (Å²) in [5.41, 5.74) is 7.61. The Hall–Kier alpha value is -2.47. The molecule has 0 spiro atoms. The van der Waals surface area contributed by atoms with Gasteiger partial charge < -0.3 is 15.2 Å². The molecule has 0 atom stereocenters. The highest BCUT2D eigenvalue weighted by molar-refractivity contribution is 6.30. The Labute approximate surface area is 213 Å². The summed E-state index contributed by atoms with van der Waals surface area (Å²) in [6, 6.07) is 16.1. The molecule has 34 heavy (non-hydrogen) atoms. The van der Waals surface area contributed by atoms with Gasteiger partial charge in [0.25, 0.3) is 5.91 Å². The van der Waals surface area contributed by atoms with Gasteiger partial charge in [-0.1, -0.05) is 35.9 Å². The largest absolute Gasteiger partial charge is 0.369 e. The summed E-state index contributed by atoms with van der Waals surface area (Å²) < 4.78 is 0. The lowest BCUT2D eigenvalue weighted by molar-refractivity contribution is 0.0951. The third kappa shape index (κ3) is 6.15. The monoisotopic (exact) mass is 500 g/mol. The van der Waals surface area contributed by atoms with E-state index < -0.39 is 0 Å². The Morgan fingerprint density at radius 1 is 1.03 bits per heavy atom. The second-order valence-electron chi connectivity index (χ2n) is 8.89. The molecule has 5 nitrogen and oxygen atoms in total. The molecule has 0 saturated carbocycles. The number of carbonyl (C=O) groups is 1. The number of halogens is 2. The van der Waals surface area contributed by atoms with Crippen molar-refractivity contribution in [3.8, 4) is 11.3 Å². The van der Waals surface area contributed by atoms with Crippen LogP contribution in [0, 0.1) is 20.8 Å². The van der Waals surface area contributed by atoms with Crippen molar-refractivity contribution in [3.63, 3.8) is 0 Å². The lowest BCUT2D eigenvalue weighted by Gasteiger charge is -2.37. The Bertz CT molecular complexity index is 1100. The Morgan fingerprint density at radius 3 is 2.44 bits per heavy atom. The van der Waals surface area contributed by atoms with Gasteiger partial charge in [-0.3, -0.25) is 9.69 Å². The normalized spacial score (nSPS) is 14.1. The van der Waals surface area contributed by atoms with E-state index in [-0.39, 0.29) is 18.3 Å². The average Bonchev–Trinajstić information content (AvgIpc) is 3.21. The van der Waals surface area contributed by atoms with Crippen LogP contribution in [-0.2, 0) is 0 Å². The summed E-state index contributed by atoms with van der Waals surface area (Å²) in [5, 5.41) is 3.79. The molecule has 4 rings (SSSR count). The van der Waals surface area contributed by atoms with Crippen molar-refractivity contribution < 1.29 is 4.79 Å². The molecule has 0 bridgehead atoms. The van der Waals surface area contributed by atoms with E-state index in [1.54, 1.807) is 0 Å². The van der Waals surface area contributed by atoms with Crippen LogP contribution in [0.5, 0.6) is 0 Å². The third-order valence-electron chi connectivity index (χ3n) is 6.64. The van der Waals surface area contributed by atoms with Crippen LogP contribution in [0.3, 0.4) is 0 Å². The second-order valence-corrected chi connectivity index (χ2v) is 9.32. The fraction of sp³-hybridized carbons (Fsp3) is 0.370. The molecule has 1 aromatic heterocycles. The summed E-state index contributed by atoms with van der Waals surface area (Å²) in [7, 11) is 0. The molecule has 7 heteroatoms. The van der Waals surface area contributed by atoms with Gasteiger partial charge in [-0.2, -0.15) is 0 Å². The topological polar surface area (TPSA) is 51.4 Å². The number of rotatable bonds is 7. The summed E-state index contributed by atoms with van der Waals surface area (Å²) in [5.74, 6) is -0.0243. The van der Waals surface area contributed by atoms with E-state index in [9.17, 15) is 4.79 Å². The molecule has 2 heterocycles. The molecular weight excluding hydrogens is 467 g/mol. The van der Waals surface area contributed by atoms with Gasteiger partial charge in [-0.05, 0) is 74.7 Å². The third-order valence-corrected chi connectivity index (χ3v) is 6.89. The summed E-state index contributed by atoms with van der Waals surface area (Å²) >= 11 is 5.98. The lowest BCUT2D eigenvalue weighted by atomic mass is 10.1. The van der Waals surface area contributed by atoms with Crippen LogP contribution in [0.1, 0.15) is 33.6 Å². The molecule has 2 aromatic carbocycles. The van der Waals surface area contributed by atoms with Gasteiger partial charge >= 0.3 is 0 Å². The first-order chi connectivity index (χ1) is 15.9. The van der Waals surface area contributed by atoms with Crippen molar-refractivity contribution in [2.75, 3.05) is 44.2 Å². The van der Waals surface area contributed by atoms with E-state index in [4.69, 9.17) is 11.6 Å². The molecule has 0 aliphatic carbocycles. The maximum Gasteiger partial charge on any atom is 0.253 e. The zero-order valence-electron chi connectivity index (χ0n) is 20.2. The number of aromatic amines is 1. The maximum absolute atomic E-state index is 12.7. The Balaban J connectivity index is 0.00000324. The minimum atomic E-state index is -0.0243. The van der Waals surface area contributed by atoms with Crippen molar-refractivity contribution in [2.45, 2.75) is 27.2 Å². The number of anilines is 1. The highest BCUT2D eigenvalue weighted by atomic mass is 35.5. The maximum atomic E-state index is 12.7. The first kappa shape index (κ1) is 26.1. The van der Waals surface area contributed by atoms with Crippen LogP contribution in [-0.4, -0.2) is 55.1 Å². The molecule has 1 amide bonds. The number of piperazine rings is 1. The highest BCUT2D eigenvalue weighted by Crippen LogP contribution is 2.25. The van der Waals surface area contributed by atoms with Gasteiger partial charge in [0.15, 0.2) is 0 Å². The number of nitrogens with one attached hydrogen (secondary N) is 2. The van der Waals surface area contributed by atoms with Crippen LogP contribution in [0.2, 0.25) is 5.02 Å². The average molecular weight is 502 g/mol. The number of nitrogens with zero attached hydrogens (tertiary/aromatic N) is 2. The van der Waals surface area contributed by atoms with Crippen molar-refractivity contribution in [2.24, 2.45) is 0 Å². The van der Waals surface area contributed by atoms with Crippen LogP contribution in [0.4, 0.5) is 5.69 Å². The van der Waals surface area contributed by atoms with Gasteiger partial charge in [-0.15, -0.1) is 12.4 Å². The second kappa shape index (κ2) is 11.8. The van der Waals surface area contributed by atoms with E-state index in [1.165, 1.54) is 16.8 Å². The number of amides is 1. The zero-order chi connectivity index (χ0) is 23.4. The van der Waals surface area contributed by atoms with Crippen LogP contribution in [0.15, 0.2) is 48.5 Å². The molecule has 182 valence electrons. The number of hydrogen-bond acceptors (Lipinski definition) is 3. The minimum absolute atomic E-state index is 0. The zero-order valence-corrected chi connectivity index (χ0v) is 21.7. The molecular formula is C27H34Cl2N4O. The van der Waals surface area contributed by atoms with Crippen LogP contribution >= 0.6 is 24.0 Å². The molecule has 3 aromatic rings. The van der Waals surface area contributed by atoms with E-state index in [0.29, 0.717) is 17.1 Å². The lowest BCUT2D eigenvalue weighted by Crippen LogP contribution is -2.47. The Morgan fingerprint density at radius 2 is 1.74 bits per heavy atom. The van der Waals surface area contributed by atoms with Crippen molar-refractivity contribution in [1.82, 2.24) is 15.2 Å². The molecule has 1 fully saturated rings. The number of carbonyl (C=O) groups excluding carboxylic acids is 1. The van der Waals surface area contributed by atoms with Crippen molar-refractivity contribution >= 4 is 35.6 Å². The molecule has 0 radical (unpaired) electrons. The van der Waals surface area contributed by atoms with E-state index in [0.717, 1.165) is 56.1 Å². The van der Waals surface area contributed by atoms with E-state index in [2.05, 4.69) is 52.1 Å². The smallest absolute Gasteiger partial charge is 0.253 e. The summed E-state index contributed by atoms with van der Waals surface area (Å²) in [6.45, 7) is 12.2. The molecule has 1 aliphatic heterocycles. The van der Waals surface area contributed by atoms with Crippen molar-refractivity contribution in [1.29, 1.82) is 0 Å². The Kier molecular flexibility index (Phi) is 9.06. The first-order valence-electron chi connectivity index (χ1n) is 11.7. The molecule has 1 saturated heterocycles. The number of aromatic nitrogens is 1. The predicted molar refractivity (Wildman–Crippen MR) is 145 cm³/mol. The standard InChI is InChI=1S/C27H33ClN4O.ClH/c1-19-6-4-7-26(20(19)2)32-16-14-31(15-17-32)13-5-12-29-27(33)24-18-25(30-21(24)3)22-8-10-23(28)11-9-22;/h4,6-11,18,30H,5,12-17H2,1-3H3,(H,29,33);1H. The van der Waals surface area contributed by atoms with Gasteiger partial charge in [0.1, 0.15) is 0 Å². The van der Waals surface area contributed by atoms with Gasteiger partial charge in [0.05, 0.1) is 5.56 Å². The van der Waals surface area contributed by atoms with E-state index >= 15 is 0 Å². The number of hydrogen-bond donors (Lipinski definition) is 2. The summed E-state index contributed by atoms with van der Waals surface area (Å²) in [4.78, 5) is 21.0. The molecule has 1 aliphatic rings.